The van der Waals surface area contributed by atoms with Gasteiger partial charge in [-0.15, -0.1) is 0 Å². The number of pyridine rings is 1. The Balaban J connectivity index is 2.06. The van der Waals surface area contributed by atoms with Gasteiger partial charge in [0.05, 0.1) is 10.0 Å². The van der Waals surface area contributed by atoms with Crippen LogP contribution in [0.4, 0.5) is 5.82 Å². The van der Waals surface area contributed by atoms with Gasteiger partial charge in [-0.3, -0.25) is 0 Å². The van der Waals surface area contributed by atoms with Crippen molar-refractivity contribution in [3.63, 3.8) is 0 Å². The topological polar surface area (TPSA) is 42.1 Å². The Kier molecular flexibility index (Phi) is 3.22. The normalized spacial score (nSPS) is 18.4. The number of halogens is 1. The molecule has 1 fully saturated rings. The highest BCUT2D eigenvalue weighted by molar-refractivity contribution is 9.10. The van der Waals surface area contributed by atoms with E-state index in [1.54, 1.807) is 0 Å². The molecule has 88 valence electrons. The van der Waals surface area contributed by atoms with Crippen LogP contribution < -0.4 is 10.6 Å². The summed E-state index contributed by atoms with van der Waals surface area (Å²) in [5.74, 6) is 1.02. The Hall–Kier alpha value is -0.610. The SMILES string of the molecule is CCCC1(N)CN(c2ncc(C)cc2Br)C1. The number of aromatic nitrogens is 1. The fraction of sp³-hybridized carbons (Fsp3) is 0.583. The molecule has 2 rings (SSSR count). The molecular formula is C12H18BrN3. The van der Waals surface area contributed by atoms with E-state index in [4.69, 9.17) is 5.73 Å². The minimum absolute atomic E-state index is 0.000750. The van der Waals surface area contributed by atoms with E-state index in [1.807, 2.05) is 13.1 Å². The van der Waals surface area contributed by atoms with Crippen LogP contribution in [0.1, 0.15) is 25.3 Å². The van der Waals surface area contributed by atoms with Gasteiger partial charge in [0.2, 0.25) is 0 Å². The summed E-state index contributed by atoms with van der Waals surface area (Å²) >= 11 is 3.55. The lowest BCUT2D eigenvalue weighted by Gasteiger charge is -2.48. The van der Waals surface area contributed by atoms with Crippen molar-refractivity contribution < 1.29 is 0 Å². The molecule has 0 aliphatic carbocycles. The molecule has 16 heavy (non-hydrogen) atoms. The van der Waals surface area contributed by atoms with Crippen LogP contribution in [0.15, 0.2) is 16.7 Å². The van der Waals surface area contributed by atoms with Gasteiger partial charge >= 0.3 is 0 Å². The van der Waals surface area contributed by atoms with Crippen LogP contribution in [-0.2, 0) is 0 Å². The molecule has 3 nitrogen and oxygen atoms in total. The Bertz CT molecular complexity index is 386. The van der Waals surface area contributed by atoms with Gasteiger partial charge in [0, 0.05) is 19.3 Å². The molecule has 2 N–H and O–H groups in total. The molecule has 2 heterocycles. The maximum Gasteiger partial charge on any atom is 0.143 e. The average Bonchev–Trinajstić information content (AvgIpc) is 2.14. The van der Waals surface area contributed by atoms with E-state index in [9.17, 15) is 0 Å². The van der Waals surface area contributed by atoms with Crippen molar-refractivity contribution in [3.8, 4) is 0 Å². The molecule has 0 amide bonds. The van der Waals surface area contributed by atoms with Crippen molar-refractivity contribution in [2.24, 2.45) is 5.73 Å². The summed E-state index contributed by atoms with van der Waals surface area (Å²) in [7, 11) is 0. The first kappa shape index (κ1) is 11.9. The van der Waals surface area contributed by atoms with Crippen LogP contribution in [0.3, 0.4) is 0 Å². The number of anilines is 1. The smallest absolute Gasteiger partial charge is 0.143 e. The predicted octanol–water partition coefficient (Wildman–Crippen LogP) is 2.47. The summed E-state index contributed by atoms with van der Waals surface area (Å²) in [4.78, 5) is 6.68. The van der Waals surface area contributed by atoms with Crippen molar-refractivity contribution in [2.75, 3.05) is 18.0 Å². The highest BCUT2D eigenvalue weighted by Crippen LogP contribution is 2.32. The van der Waals surface area contributed by atoms with Gasteiger partial charge in [0.1, 0.15) is 5.82 Å². The Morgan fingerprint density at radius 3 is 2.81 bits per heavy atom. The maximum absolute atomic E-state index is 6.24. The second kappa shape index (κ2) is 4.34. The van der Waals surface area contributed by atoms with Gasteiger partial charge < -0.3 is 10.6 Å². The summed E-state index contributed by atoms with van der Waals surface area (Å²) in [6, 6.07) is 2.10. The molecule has 0 atom stereocenters. The van der Waals surface area contributed by atoms with Gasteiger partial charge in [0.25, 0.3) is 0 Å². The van der Waals surface area contributed by atoms with Crippen LogP contribution >= 0.6 is 15.9 Å². The van der Waals surface area contributed by atoms with Crippen molar-refractivity contribution in [2.45, 2.75) is 32.2 Å². The van der Waals surface area contributed by atoms with Crippen LogP contribution in [0.5, 0.6) is 0 Å². The molecule has 0 aromatic carbocycles. The molecule has 1 aliphatic heterocycles. The molecule has 1 aliphatic rings. The summed E-state index contributed by atoms with van der Waals surface area (Å²) in [5.41, 5.74) is 7.41. The highest BCUT2D eigenvalue weighted by atomic mass is 79.9. The highest BCUT2D eigenvalue weighted by Gasteiger charge is 2.39. The van der Waals surface area contributed by atoms with E-state index in [2.05, 4.69) is 38.8 Å². The second-order valence-electron chi connectivity index (χ2n) is 4.79. The van der Waals surface area contributed by atoms with Crippen LogP contribution in [0.2, 0.25) is 0 Å². The molecule has 0 unspecified atom stereocenters. The zero-order valence-electron chi connectivity index (χ0n) is 9.83. The van der Waals surface area contributed by atoms with E-state index < -0.39 is 0 Å². The third-order valence-electron chi connectivity index (χ3n) is 3.02. The molecule has 1 aromatic heterocycles. The quantitative estimate of drug-likeness (QED) is 0.927. The van der Waals surface area contributed by atoms with Gasteiger partial charge in [-0.05, 0) is 40.9 Å². The van der Waals surface area contributed by atoms with E-state index in [1.165, 1.54) is 5.56 Å². The van der Waals surface area contributed by atoms with Crippen molar-refractivity contribution in [1.82, 2.24) is 4.98 Å². The van der Waals surface area contributed by atoms with Crippen LogP contribution in [0.25, 0.3) is 0 Å². The summed E-state index contributed by atoms with van der Waals surface area (Å²) in [5, 5.41) is 0. The van der Waals surface area contributed by atoms with E-state index in [0.717, 1.165) is 36.2 Å². The molecular weight excluding hydrogens is 266 g/mol. The molecule has 1 aromatic rings. The minimum Gasteiger partial charge on any atom is -0.352 e. The largest absolute Gasteiger partial charge is 0.352 e. The summed E-state index contributed by atoms with van der Waals surface area (Å²) < 4.78 is 1.06. The zero-order chi connectivity index (χ0) is 11.8. The van der Waals surface area contributed by atoms with E-state index >= 15 is 0 Å². The number of hydrogen-bond donors (Lipinski definition) is 1. The molecule has 1 saturated heterocycles. The Labute approximate surface area is 105 Å². The summed E-state index contributed by atoms with van der Waals surface area (Å²) in [6.07, 6.45) is 4.14. The van der Waals surface area contributed by atoms with Gasteiger partial charge in [-0.25, -0.2) is 4.98 Å². The first-order valence-corrected chi connectivity index (χ1v) is 6.49. The van der Waals surface area contributed by atoms with Gasteiger partial charge in [-0.2, -0.15) is 0 Å². The minimum atomic E-state index is 0.000750. The summed E-state index contributed by atoms with van der Waals surface area (Å²) in [6.45, 7) is 6.05. The zero-order valence-corrected chi connectivity index (χ0v) is 11.4. The number of rotatable bonds is 3. The fourth-order valence-corrected chi connectivity index (χ4v) is 2.99. The third-order valence-corrected chi connectivity index (χ3v) is 3.60. The van der Waals surface area contributed by atoms with Crippen LogP contribution in [-0.4, -0.2) is 23.6 Å². The van der Waals surface area contributed by atoms with Gasteiger partial charge in [0.15, 0.2) is 0 Å². The third kappa shape index (κ3) is 2.23. The lowest BCUT2D eigenvalue weighted by Crippen LogP contribution is -2.67. The molecule has 0 bridgehead atoms. The standard InChI is InChI=1S/C12H18BrN3/c1-3-4-12(14)7-16(8-12)11-10(13)5-9(2)6-15-11/h5-6H,3-4,7-8,14H2,1-2H3. The Morgan fingerprint density at radius 1 is 1.56 bits per heavy atom. The monoisotopic (exact) mass is 283 g/mol. The lowest BCUT2D eigenvalue weighted by molar-refractivity contribution is 0.305. The maximum atomic E-state index is 6.24. The lowest BCUT2D eigenvalue weighted by atomic mass is 9.86. The van der Waals surface area contributed by atoms with Crippen molar-refractivity contribution >= 4 is 21.7 Å². The van der Waals surface area contributed by atoms with E-state index in [-0.39, 0.29) is 5.54 Å². The number of nitrogens with two attached hydrogens (primary N) is 1. The fourth-order valence-electron chi connectivity index (χ4n) is 2.28. The predicted molar refractivity (Wildman–Crippen MR) is 70.7 cm³/mol. The van der Waals surface area contributed by atoms with Crippen LogP contribution in [0, 0.1) is 6.92 Å². The van der Waals surface area contributed by atoms with Crippen molar-refractivity contribution in [1.29, 1.82) is 0 Å². The first-order chi connectivity index (χ1) is 7.54. The number of nitrogens with zero attached hydrogens (tertiary/aromatic N) is 2. The second-order valence-corrected chi connectivity index (χ2v) is 5.64. The first-order valence-electron chi connectivity index (χ1n) is 5.70. The number of aryl methyl sites for hydroxylation is 1. The molecule has 0 saturated carbocycles. The molecule has 4 heteroatoms. The molecule has 0 radical (unpaired) electrons. The van der Waals surface area contributed by atoms with Gasteiger partial charge in [-0.1, -0.05) is 13.3 Å². The molecule has 0 spiro atoms. The van der Waals surface area contributed by atoms with E-state index in [0.29, 0.717) is 0 Å². The number of hydrogen-bond acceptors (Lipinski definition) is 3. The average molecular weight is 284 g/mol. The Morgan fingerprint density at radius 2 is 2.25 bits per heavy atom. The van der Waals surface area contributed by atoms with Crippen molar-refractivity contribution in [3.05, 3.63) is 22.3 Å².